The summed E-state index contributed by atoms with van der Waals surface area (Å²) in [5, 5.41) is 8.47. The molecule has 0 amide bonds. The lowest BCUT2D eigenvalue weighted by molar-refractivity contribution is -0.131. The van der Waals surface area contributed by atoms with Crippen LogP contribution >= 0.6 is 0 Å². The van der Waals surface area contributed by atoms with Gasteiger partial charge in [0.2, 0.25) is 0 Å². The lowest BCUT2D eigenvalue weighted by atomic mass is 9.92. The lowest BCUT2D eigenvalue weighted by Gasteiger charge is -2.32. The van der Waals surface area contributed by atoms with Crippen LogP contribution in [0.4, 0.5) is 0 Å². The molecular weight excluding hydrogens is 264 g/mol. The molecule has 21 heavy (non-hydrogen) atoms. The summed E-state index contributed by atoms with van der Waals surface area (Å²) in [6.07, 6.45) is 12.0. The highest BCUT2D eigenvalue weighted by atomic mass is 16.5. The predicted octanol–water partition coefficient (Wildman–Crippen LogP) is 3.99. The van der Waals surface area contributed by atoms with Crippen LogP contribution in [0.5, 0.6) is 5.75 Å². The van der Waals surface area contributed by atoms with Crippen LogP contribution in [0.3, 0.4) is 0 Å². The molecule has 3 nitrogen and oxygen atoms in total. The molecule has 1 aromatic carbocycles. The topological polar surface area (TPSA) is 46.5 Å². The standard InChI is InChI=1S/C18H18O3/c1-18(2)15(10-5-3-4-6-12-17(19)20)13-14-9-7-8-11-16(14)21-18/h3-13H,1-2H3,(H,19,20). The third-order valence-corrected chi connectivity index (χ3v) is 3.14. The number of benzene rings is 1. The fourth-order valence-corrected chi connectivity index (χ4v) is 2.04. The van der Waals surface area contributed by atoms with Crippen LogP contribution in [0, 0.1) is 0 Å². The van der Waals surface area contributed by atoms with E-state index in [1.54, 1.807) is 12.2 Å². The zero-order chi connectivity index (χ0) is 15.3. The maximum Gasteiger partial charge on any atom is 0.328 e. The first kappa shape index (κ1) is 14.9. The smallest absolute Gasteiger partial charge is 0.328 e. The second kappa shape index (κ2) is 6.27. The van der Waals surface area contributed by atoms with Crippen LogP contribution in [0.25, 0.3) is 6.08 Å². The molecule has 0 aliphatic carbocycles. The van der Waals surface area contributed by atoms with Crippen molar-refractivity contribution in [3.63, 3.8) is 0 Å². The van der Waals surface area contributed by atoms with Gasteiger partial charge in [-0.15, -0.1) is 0 Å². The highest BCUT2D eigenvalue weighted by molar-refractivity contribution is 5.80. The Kier molecular flexibility index (Phi) is 4.43. The van der Waals surface area contributed by atoms with Gasteiger partial charge in [-0.3, -0.25) is 0 Å². The van der Waals surface area contributed by atoms with Crippen molar-refractivity contribution < 1.29 is 14.6 Å². The Bertz CT molecular complexity index is 646. The van der Waals surface area contributed by atoms with Gasteiger partial charge in [0.15, 0.2) is 0 Å². The molecule has 0 unspecified atom stereocenters. The van der Waals surface area contributed by atoms with E-state index in [4.69, 9.17) is 9.84 Å². The number of fused-ring (bicyclic) bond motifs is 1. The zero-order valence-corrected chi connectivity index (χ0v) is 12.1. The average Bonchev–Trinajstić information content (AvgIpc) is 2.41. The van der Waals surface area contributed by atoms with Crippen molar-refractivity contribution in [1.82, 2.24) is 0 Å². The molecule has 0 fully saturated rings. The van der Waals surface area contributed by atoms with Gasteiger partial charge in [0, 0.05) is 11.6 Å². The number of hydrogen-bond acceptors (Lipinski definition) is 2. The SMILES string of the molecule is CC1(C)Oc2ccccc2C=C1C=CC=CC=CC(=O)O. The summed E-state index contributed by atoms with van der Waals surface area (Å²) >= 11 is 0. The third kappa shape index (κ3) is 3.96. The van der Waals surface area contributed by atoms with Gasteiger partial charge in [-0.2, -0.15) is 0 Å². The molecule has 0 saturated heterocycles. The van der Waals surface area contributed by atoms with Gasteiger partial charge in [0.1, 0.15) is 11.4 Å². The summed E-state index contributed by atoms with van der Waals surface area (Å²) in [5.41, 5.74) is 1.73. The molecule has 2 rings (SSSR count). The van der Waals surface area contributed by atoms with E-state index in [1.165, 1.54) is 6.08 Å². The van der Waals surface area contributed by atoms with E-state index in [2.05, 4.69) is 6.08 Å². The monoisotopic (exact) mass is 282 g/mol. The Morgan fingerprint density at radius 3 is 2.62 bits per heavy atom. The van der Waals surface area contributed by atoms with Gasteiger partial charge in [-0.1, -0.05) is 48.6 Å². The Morgan fingerprint density at radius 2 is 1.86 bits per heavy atom. The molecule has 1 aromatic rings. The minimum absolute atomic E-state index is 0.393. The molecule has 3 heteroatoms. The van der Waals surface area contributed by atoms with E-state index in [0.29, 0.717) is 0 Å². The number of ether oxygens (including phenoxy) is 1. The van der Waals surface area contributed by atoms with E-state index in [1.807, 2.05) is 50.3 Å². The summed E-state index contributed by atoms with van der Waals surface area (Å²) < 4.78 is 6.01. The normalized spacial score (nSPS) is 17.0. The van der Waals surface area contributed by atoms with Crippen molar-refractivity contribution in [2.45, 2.75) is 19.4 Å². The molecular formula is C18H18O3. The van der Waals surface area contributed by atoms with E-state index in [-0.39, 0.29) is 0 Å². The third-order valence-electron chi connectivity index (χ3n) is 3.14. The number of aliphatic carboxylic acids is 1. The summed E-state index contributed by atoms with van der Waals surface area (Å²) in [5.74, 6) is -0.0654. The van der Waals surface area contributed by atoms with Crippen molar-refractivity contribution in [2.75, 3.05) is 0 Å². The van der Waals surface area contributed by atoms with Crippen LogP contribution in [0.2, 0.25) is 0 Å². The van der Waals surface area contributed by atoms with Gasteiger partial charge in [0.25, 0.3) is 0 Å². The number of rotatable bonds is 4. The molecule has 0 spiro atoms. The zero-order valence-electron chi connectivity index (χ0n) is 12.1. The molecule has 0 aromatic heterocycles. The molecule has 1 aliphatic rings. The Morgan fingerprint density at radius 1 is 1.14 bits per heavy atom. The van der Waals surface area contributed by atoms with Crippen molar-refractivity contribution in [2.24, 2.45) is 0 Å². The quantitative estimate of drug-likeness (QED) is 0.671. The van der Waals surface area contributed by atoms with Crippen molar-refractivity contribution in [3.05, 3.63) is 71.9 Å². The summed E-state index contributed by atoms with van der Waals surface area (Å²) in [6.45, 7) is 4.04. The van der Waals surface area contributed by atoms with Crippen LogP contribution < -0.4 is 4.74 Å². The molecule has 0 saturated carbocycles. The van der Waals surface area contributed by atoms with Gasteiger partial charge >= 0.3 is 5.97 Å². The summed E-state index contributed by atoms with van der Waals surface area (Å²) in [4.78, 5) is 10.3. The Labute approximate surface area is 124 Å². The summed E-state index contributed by atoms with van der Waals surface area (Å²) in [7, 11) is 0. The predicted molar refractivity (Wildman–Crippen MR) is 84.2 cm³/mol. The Hall–Kier alpha value is -2.55. The van der Waals surface area contributed by atoms with Crippen molar-refractivity contribution >= 4 is 12.0 Å². The van der Waals surface area contributed by atoms with Crippen LogP contribution in [-0.2, 0) is 4.79 Å². The van der Waals surface area contributed by atoms with Crippen LogP contribution in [0.1, 0.15) is 19.4 Å². The van der Waals surface area contributed by atoms with E-state index in [9.17, 15) is 4.79 Å². The lowest BCUT2D eigenvalue weighted by Crippen LogP contribution is -2.32. The molecule has 1 aliphatic heterocycles. The van der Waals surface area contributed by atoms with Crippen LogP contribution in [0.15, 0.2) is 66.3 Å². The Balaban J connectivity index is 2.15. The molecule has 0 atom stereocenters. The van der Waals surface area contributed by atoms with Gasteiger partial charge < -0.3 is 9.84 Å². The second-order valence-corrected chi connectivity index (χ2v) is 5.19. The van der Waals surface area contributed by atoms with Gasteiger partial charge in [-0.25, -0.2) is 4.79 Å². The van der Waals surface area contributed by atoms with Crippen molar-refractivity contribution in [3.8, 4) is 5.75 Å². The largest absolute Gasteiger partial charge is 0.483 e. The molecule has 0 radical (unpaired) electrons. The number of para-hydroxylation sites is 1. The number of hydrogen-bond donors (Lipinski definition) is 1. The molecule has 0 bridgehead atoms. The first-order chi connectivity index (χ1) is 9.99. The van der Waals surface area contributed by atoms with E-state index < -0.39 is 11.6 Å². The number of carbonyl (C=O) groups is 1. The molecule has 108 valence electrons. The molecule has 1 N–H and O–H groups in total. The summed E-state index contributed by atoms with van der Waals surface area (Å²) in [6, 6.07) is 7.92. The number of carboxylic acid groups (broad SMARTS) is 1. The van der Waals surface area contributed by atoms with Crippen LogP contribution in [-0.4, -0.2) is 16.7 Å². The number of carboxylic acids is 1. The first-order valence-corrected chi connectivity index (χ1v) is 6.73. The highest BCUT2D eigenvalue weighted by Gasteiger charge is 2.28. The minimum Gasteiger partial charge on any atom is -0.483 e. The first-order valence-electron chi connectivity index (χ1n) is 6.73. The average molecular weight is 282 g/mol. The maximum absolute atomic E-state index is 10.3. The maximum atomic E-state index is 10.3. The number of allylic oxidation sites excluding steroid dienone is 4. The fraction of sp³-hybridized carbons (Fsp3) is 0.167. The van der Waals surface area contributed by atoms with Crippen molar-refractivity contribution in [1.29, 1.82) is 0 Å². The highest BCUT2D eigenvalue weighted by Crippen LogP contribution is 2.35. The van der Waals surface area contributed by atoms with E-state index >= 15 is 0 Å². The van der Waals surface area contributed by atoms with Gasteiger partial charge in [0.05, 0.1) is 0 Å². The second-order valence-electron chi connectivity index (χ2n) is 5.19. The van der Waals surface area contributed by atoms with E-state index in [0.717, 1.165) is 23.0 Å². The fourth-order valence-electron chi connectivity index (χ4n) is 2.04. The van der Waals surface area contributed by atoms with Gasteiger partial charge in [-0.05, 0) is 31.6 Å². The minimum atomic E-state index is -0.954. The molecule has 1 heterocycles.